The number of hydrogen-bond donors (Lipinski definition) is 3. The van der Waals surface area contributed by atoms with Gasteiger partial charge in [0.25, 0.3) is 0 Å². The first-order chi connectivity index (χ1) is 11.1. The molecule has 1 amide bonds. The Morgan fingerprint density at radius 3 is 2.61 bits per heavy atom. The van der Waals surface area contributed by atoms with Crippen molar-refractivity contribution in [3.8, 4) is 0 Å². The molecule has 0 unspecified atom stereocenters. The molecule has 0 spiro atoms. The van der Waals surface area contributed by atoms with Gasteiger partial charge in [-0.2, -0.15) is 0 Å². The fourth-order valence-corrected chi connectivity index (χ4v) is 2.94. The Balaban J connectivity index is 1.53. The van der Waals surface area contributed by atoms with E-state index < -0.39 is 0 Å². The van der Waals surface area contributed by atoms with Crippen LogP contribution >= 0.6 is 11.8 Å². The summed E-state index contributed by atoms with van der Waals surface area (Å²) in [5.41, 5.74) is 2.65. The normalized spacial score (nSPS) is 10.8. The minimum absolute atomic E-state index is 0.130. The third-order valence-corrected chi connectivity index (χ3v) is 4.22. The maximum atomic E-state index is 12.8. The molecule has 118 valence electrons. The average molecular weight is 331 g/mol. The highest BCUT2D eigenvalue weighted by atomic mass is 32.2. The van der Waals surface area contributed by atoms with Crippen LogP contribution in [0.25, 0.3) is 11.0 Å². The lowest BCUT2D eigenvalue weighted by Crippen LogP contribution is -2.14. The fourth-order valence-electron chi connectivity index (χ4n) is 2.15. The molecule has 0 atom stereocenters. The smallest absolute Gasteiger partial charge is 0.323 e. The Bertz CT molecular complexity index is 886. The molecule has 0 fully saturated rings. The van der Waals surface area contributed by atoms with Crippen LogP contribution in [0.3, 0.4) is 0 Å². The summed E-state index contributed by atoms with van der Waals surface area (Å²) in [6, 6.07) is 11.4. The third kappa shape index (κ3) is 4.01. The fraction of sp³-hybridized carbons (Fsp3) is 0.125. The molecule has 23 heavy (non-hydrogen) atoms. The van der Waals surface area contributed by atoms with E-state index in [2.05, 4.69) is 15.3 Å². The van der Waals surface area contributed by atoms with Crippen molar-refractivity contribution in [2.45, 2.75) is 5.75 Å². The number of fused-ring (bicyclic) bond motifs is 1. The van der Waals surface area contributed by atoms with Crippen LogP contribution in [0.5, 0.6) is 0 Å². The van der Waals surface area contributed by atoms with Gasteiger partial charge >= 0.3 is 5.69 Å². The Kier molecular flexibility index (Phi) is 4.47. The topological polar surface area (TPSA) is 77.8 Å². The Labute approximate surface area is 135 Å². The molecule has 3 N–H and O–H groups in total. The van der Waals surface area contributed by atoms with E-state index in [0.29, 0.717) is 28.2 Å². The highest BCUT2D eigenvalue weighted by Crippen LogP contribution is 2.16. The Hall–Kier alpha value is -2.54. The molecular formula is C16H14FN3O2S. The number of benzene rings is 2. The molecule has 5 nitrogen and oxygen atoms in total. The first kappa shape index (κ1) is 15.4. The average Bonchev–Trinajstić information content (AvgIpc) is 2.88. The zero-order valence-corrected chi connectivity index (χ0v) is 12.9. The maximum Gasteiger partial charge on any atom is 0.323 e. The molecule has 2 aromatic carbocycles. The van der Waals surface area contributed by atoms with E-state index in [1.807, 2.05) is 0 Å². The van der Waals surface area contributed by atoms with Crippen molar-refractivity contribution >= 4 is 34.4 Å². The number of thioether (sulfide) groups is 1. The summed E-state index contributed by atoms with van der Waals surface area (Å²) >= 11 is 1.45. The van der Waals surface area contributed by atoms with Crippen molar-refractivity contribution in [1.82, 2.24) is 9.97 Å². The SMILES string of the molecule is O=C(CSCc1ccc(F)cc1)Nc1ccc2[nH]c(=O)[nH]c2c1. The second kappa shape index (κ2) is 6.70. The third-order valence-electron chi connectivity index (χ3n) is 3.21. The molecule has 7 heteroatoms. The molecule has 3 aromatic rings. The van der Waals surface area contributed by atoms with Crippen LogP contribution < -0.4 is 11.0 Å². The summed E-state index contributed by atoms with van der Waals surface area (Å²) in [5, 5.41) is 2.78. The van der Waals surface area contributed by atoms with E-state index in [1.54, 1.807) is 30.3 Å². The minimum Gasteiger partial charge on any atom is -0.325 e. The molecule has 3 rings (SSSR count). The van der Waals surface area contributed by atoms with E-state index in [4.69, 9.17) is 0 Å². The summed E-state index contributed by atoms with van der Waals surface area (Å²) in [5.74, 6) is 0.528. The highest BCUT2D eigenvalue weighted by molar-refractivity contribution is 7.99. The van der Waals surface area contributed by atoms with Crippen molar-refractivity contribution in [3.63, 3.8) is 0 Å². The minimum atomic E-state index is -0.279. The van der Waals surface area contributed by atoms with E-state index in [0.717, 1.165) is 5.56 Å². The van der Waals surface area contributed by atoms with Gasteiger partial charge in [-0.15, -0.1) is 11.8 Å². The van der Waals surface area contributed by atoms with Crippen LogP contribution in [-0.4, -0.2) is 21.6 Å². The molecule has 0 saturated heterocycles. The predicted molar refractivity (Wildman–Crippen MR) is 90.1 cm³/mol. The largest absolute Gasteiger partial charge is 0.325 e. The summed E-state index contributed by atoms with van der Waals surface area (Å²) < 4.78 is 12.8. The summed E-state index contributed by atoms with van der Waals surface area (Å²) in [6.07, 6.45) is 0. The number of carbonyl (C=O) groups is 1. The number of rotatable bonds is 5. The molecule has 1 aromatic heterocycles. The van der Waals surface area contributed by atoms with Crippen LogP contribution in [0, 0.1) is 5.82 Å². The van der Waals surface area contributed by atoms with Gasteiger partial charge in [0.2, 0.25) is 5.91 Å². The van der Waals surface area contributed by atoms with E-state index in [9.17, 15) is 14.0 Å². The number of carbonyl (C=O) groups excluding carboxylic acids is 1. The summed E-state index contributed by atoms with van der Waals surface area (Å²) in [4.78, 5) is 28.4. The van der Waals surface area contributed by atoms with Gasteiger partial charge in [-0.05, 0) is 35.9 Å². The maximum absolute atomic E-state index is 12.8. The van der Waals surface area contributed by atoms with Gasteiger partial charge in [0.05, 0.1) is 16.8 Å². The molecule has 0 radical (unpaired) electrons. The number of nitrogens with one attached hydrogen (secondary N) is 3. The molecule has 0 aliphatic heterocycles. The number of imidazole rings is 1. The molecule has 1 heterocycles. The number of H-pyrrole nitrogens is 2. The first-order valence-corrected chi connectivity index (χ1v) is 8.10. The number of aromatic nitrogens is 2. The van der Waals surface area contributed by atoms with Gasteiger partial charge < -0.3 is 15.3 Å². The molecule has 0 aliphatic rings. The monoisotopic (exact) mass is 331 g/mol. The lowest BCUT2D eigenvalue weighted by atomic mass is 10.2. The molecule has 0 bridgehead atoms. The van der Waals surface area contributed by atoms with Gasteiger partial charge in [-0.3, -0.25) is 4.79 Å². The lowest BCUT2D eigenvalue weighted by molar-refractivity contribution is -0.113. The molecule has 0 saturated carbocycles. The zero-order valence-electron chi connectivity index (χ0n) is 12.1. The van der Waals surface area contributed by atoms with Crippen molar-refractivity contribution in [1.29, 1.82) is 0 Å². The van der Waals surface area contributed by atoms with Crippen molar-refractivity contribution in [2.24, 2.45) is 0 Å². The van der Waals surface area contributed by atoms with Gasteiger partial charge in [-0.25, -0.2) is 9.18 Å². The second-order valence-corrected chi connectivity index (χ2v) is 5.99. The van der Waals surface area contributed by atoms with Gasteiger partial charge in [0, 0.05) is 11.4 Å². The number of hydrogen-bond acceptors (Lipinski definition) is 3. The number of amides is 1. The molecular weight excluding hydrogens is 317 g/mol. The number of anilines is 1. The summed E-state index contributed by atoms with van der Waals surface area (Å²) in [7, 11) is 0. The highest BCUT2D eigenvalue weighted by Gasteiger charge is 2.05. The standard InChI is InChI=1S/C16H14FN3O2S/c17-11-3-1-10(2-4-11)8-23-9-15(21)18-12-5-6-13-14(7-12)20-16(22)19-13/h1-7H,8-9H2,(H,18,21)(H2,19,20,22). The first-order valence-electron chi connectivity index (χ1n) is 6.94. The van der Waals surface area contributed by atoms with Crippen molar-refractivity contribution in [3.05, 3.63) is 64.3 Å². The van der Waals surface area contributed by atoms with Crippen LogP contribution in [0.4, 0.5) is 10.1 Å². The van der Waals surface area contributed by atoms with Crippen LogP contribution in [-0.2, 0) is 10.5 Å². The van der Waals surface area contributed by atoms with Crippen LogP contribution in [0.15, 0.2) is 47.3 Å². The van der Waals surface area contributed by atoms with Crippen LogP contribution in [0.1, 0.15) is 5.56 Å². The van der Waals surface area contributed by atoms with Gasteiger partial charge in [0.15, 0.2) is 0 Å². The lowest BCUT2D eigenvalue weighted by Gasteiger charge is -2.05. The van der Waals surface area contributed by atoms with Gasteiger partial charge in [0.1, 0.15) is 5.82 Å². The van der Waals surface area contributed by atoms with E-state index in [1.165, 1.54) is 23.9 Å². The Morgan fingerprint density at radius 2 is 1.83 bits per heavy atom. The number of halogens is 1. The van der Waals surface area contributed by atoms with E-state index in [-0.39, 0.29) is 17.4 Å². The second-order valence-electron chi connectivity index (χ2n) is 5.01. The summed E-state index contributed by atoms with van der Waals surface area (Å²) in [6.45, 7) is 0. The Morgan fingerprint density at radius 1 is 1.09 bits per heavy atom. The molecule has 0 aliphatic carbocycles. The van der Waals surface area contributed by atoms with Crippen molar-refractivity contribution < 1.29 is 9.18 Å². The predicted octanol–water partition coefficient (Wildman–Crippen LogP) is 2.87. The zero-order chi connectivity index (χ0) is 16.2. The quantitative estimate of drug-likeness (QED) is 0.673. The number of aromatic amines is 2. The van der Waals surface area contributed by atoms with Crippen molar-refractivity contribution in [2.75, 3.05) is 11.1 Å². The van der Waals surface area contributed by atoms with Gasteiger partial charge in [-0.1, -0.05) is 12.1 Å². The van der Waals surface area contributed by atoms with E-state index >= 15 is 0 Å². The van der Waals surface area contributed by atoms with Crippen LogP contribution in [0.2, 0.25) is 0 Å².